The van der Waals surface area contributed by atoms with Crippen LogP contribution in [0.5, 0.6) is 0 Å². The van der Waals surface area contributed by atoms with E-state index in [-0.39, 0.29) is 23.0 Å². The average Bonchev–Trinajstić information content (AvgIpc) is 3.07. The van der Waals surface area contributed by atoms with Crippen LogP contribution in [0.4, 0.5) is 10.1 Å². The Morgan fingerprint density at radius 2 is 1.93 bits per heavy atom. The molecule has 0 bridgehead atoms. The topological polar surface area (TPSA) is 59.8 Å². The van der Waals surface area contributed by atoms with E-state index in [2.05, 4.69) is 46.1 Å². The van der Waals surface area contributed by atoms with Crippen molar-refractivity contribution in [1.82, 2.24) is 14.8 Å². The van der Waals surface area contributed by atoms with E-state index in [9.17, 15) is 9.18 Å². The van der Waals surface area contributed by atoms with Gasteiger partial charge in [0.1, 0.15) is 5.82 Å². The third-order valence-corrected chi connectivity index (χ3v) is 5.51. The lowest BCUT2D eigenvalue weighted by molar-refractivity contribution is -0.113. The highest BCUT2D eigenvalue weighted by Gasteiger charge is 2.34. The molecule has 0 saturated heterocycles. The van der Waals surface area contributed by atoms with Gasteiger partial charge in [-0.3, -0.25) is 9.36 Å². The molecule has 138 valence electrons. The number of nitrogens with zero attached hydrogens (tertiary/aromatic N) is 3. The van der Waals surface area contributed by atoms with Crippen molar-refractivity contribution < 1.29 is 9.18 Å². The van der Waals surface area contributed by atoms with Gasteiger partial charge in [-0.25, -0.2) is 4.39 Å². The summed E-state index contributed by atoms with van der Waals surface area (Å²) in [5.41, 5.74) is 2.74. The number of nitrogens with one attached hydrogen (secondary N) is 1. The zero-order valence-electron chi connectivity index (χ0n) is 15.1. The van der Waals surface area contributed by atoms with E-state index in [1.165, 1.54) is 41.6 Å². The minimum absolute atomic E-state index is 0.169. The summed E-state index contributed by atoms with van der Waals surface area (Å²) in [4.78, 5) is 12.2. The van der Waals surface area contributed by atoms with Crippen LogP contribution >= 0.6 is 11.8 Å². The fourth-order valence-electron chi connectivity index (χ4n) is 3.38. The van der Waals surface area contributed by atoms with Gasteiger partial charge in [0.2, 0.25) is 5.91 Å². The van der Waals surface area contributed by atoms with Gasteiger partial charge in [-0.2, -0.15) is 0 Å². The Balaban J connectivity index is 1.52. The summed E-state index contributed by atoms with van der Waals surface area (Å²) in [7, 11) is 0. The minimum Gasteiger partial charge on any atom is -0.325 e. The fraction of sp³-hybridized carbons (Fsp3) is 0.250. The van der Waals surface area contributed by atoms with Crippen LogP contribution < -0.4 is 5.32 Å². The predicted octanol–water partition coefficient (Wildman–Crippen LogP) is 4.11. The molecule has 4 rings (SSSR count). The van der Waals surface area contributed by atoms with E-state index in [4.69, 9.17) is 0 Å². The predicted molar refractivity (Wildman–Crippen MR) is 104 cm³/mol. The Labute approximate surface area is 161 Å². The summed E-state index contributed by atoms with van der Waals surface area (Å²) in [6, 6.07) is 13.9. The highest BCUT2D eigenvalue weighted by atomic mass is 32.2. The highest BCUT2D eigenvalue weighted by Crippen LogP contribution is 2.39. The standard InChI is InChI=1S/C20H19FN4OS/c1-20(2)11-13-5-3-4-6-16(13)18-23-24-19(25(18)20)27-12-17(26)22-15-9-7-14(21)8-10-15/h3-10H,11-12H2,1-2H3,(H,22,26). The van der Waals surface area contributed by atoms with Crippen LogP contribution in [0.3, 0.4) is 0 Å². The number of anilines is 1. The van der Waals surface area contributed by atoms with Crippen molar-refractivity contribution in [1.29, 1.82) is 0 Å². The number of carbonyl (C=O) groups excluding carboxylic acids is 1. The molecule has 0 spiro atoms. The molecule has 2 heterocycles. The van der Waals surface area contributed by atoms with E-state index >= 15 is 0 Å². The molecule has 0 fully saturated rings. The van der Waals surface area contributed by atoms with E-state index in [1.807, 2.05) is 12.1 Å². The lowest BCUT2D eigenvalue weighted by atomic mass is 9.87. The second kappa shape index (κ2) is 6.81. The van der Waals surface area contributed by atoms with E-state index in [1.54, 1.807) is 0 Å². The third kappa shape index (κ3) is 3.47. The van der Waals surface area contributed by atoms with Gasteiger partial charge in [0, 0.05) is 16.8 Å². The number of fused-ring (bicyclic) bond motifs is 3. The van der Waals surface area contributed by atoms with Crippen molar-refractivity contribution >= 4 is 23.4 Å². The highest BCUT2D eigenvalue weighted by molar-refractivity contribution is 7.99. The number of benzene rings is 2. The van der Waals surface area contributed by atoms with Gasteiger partial charge in [0.15, 0.2) is 11.0 Å². The lowest BCUT2D eigenvalue weighted by Gasteiger charge is -2.34. The molecule has 1 aliphatic heterocycles. The van der Waals surface area contributed by atoms with Crippen molar-refractivity contribution in [3.63, 3.8) is 0 Å². The van der Waals surface area contributed by atoms with Crippen LogP contribution in [-0.2, 0) is 16.8 Å². The monoisotopic (exact) mass is 382 g/mol. The Kier molecular flexibility index (Phi) is 4.47. The maximum absolute atomic E-state index is 13.0. The molecule has 0 atom stereocenters. The number of amides is 1. The number of hydrogen-bond donors (Lipinski definition) is 1. The van der Waals surface area contributed by atoms with Crippen LogP contribution in [-0.4, -0.2) is 26.4 Å². The SMILES string of the molecule is CC1(C)Cc2ccccc2-c2nnc(SCC(=O)Nc3ccc(F)cc3)n21. The van der Waals surface area contributed by atoms with Gasteiger partial charge in [-0.15, -0.1) is 10.2 Å². The number of hydrogen-bond acceptors (Lipinski definition) is 4. The molecule has 0 unspecified atom stereocenters. The molecule has 0 aliphatic carbocycles. The second-order valence-corrected chi connectivity index (χ2v) is 8.07. The first-order valence-corrected chi connectivity index (χ1v) is 9.65. The summed E-state index contributed by atoms with van der Waals surface area (Å²) in [6.07, 6.45) is 0.879. The summed E-state index contributed by atoms with van der Waals surface area (Å²) < 4.78 is 15.1. The summed E-state index contributed by atoms with van der Waals surface area (Å²) in [5.74, 6) is 0.536. The second-order valence-electron chi connectivity index (χ2n) is 7.13. The van der Waals surface area contributed by atoms with Crippen LogP contribution in [0, 0.1) is 5.82 Å². The lowest BCUT2D eigenvalue weighted by Crippen LogP contribution is -2.33. The normalized spacial score (nSPS) is 14.3. The fourth-order valence-corrected chi connectivity index (χ4v) is 4.28. The molecule has 1 aromatic heterocycles. The Hall–Kier alpha value is -2.67. The summed E-state index contributed by atoms with van der Waals surface area (Å²) >= 11 is 1.35. The van der Waals surface area contributed by atoms with Crippen LogP contribution in [0.25, 0.3) is 11.4 Å². The zero-order chi connectivity index (χ0) is 19.0. The molecule has 5 nitrogen and oxygen atoms in total. The first-order chi connectivity index (χ1) is 12.9. The van der Waals surface area contributed by atoms with Crippen molar-refractivity contribution in [2.75, 3.05) is 11.1 Å². The molecule has 1 amide bonds. The van der Waals surface area contributed by atoms with Crippen molar-refractivity contribution in [3.05, 3.63) is 59.9 Å². The molecule has 0 radical (unpaired) electrons. The van der Waals surface area contributed by atoms with E-state index in [0.29, 0.717) is 5.69 Å². The first kappa shape index (κ1) is 17.7. The van der Waals surface area contributed by atoms with Gasteiger partial charge in [-0.05, 0) is 50.1 Å². The number of aromatic nitrogens is 3. The van der Waals surface area contributed by atoms with Gasteiger partial charge in [-0.1, -0.05) is 36.0 Å². The molecule has 3 aromatic rings. The minimum atomic E-state index is -0.333. The molecular weight excluding hydrogens is 363 g/mol. The van der Waals surface area contributed by atoms with Crippen molar-refractivity contribution in [2.45, 2.75) is 31.0 Å². The Morgan fingerprint density at radius 3 is 2.70 bits per heavy atom. The molecule has 2 aromatic carbocycles. The summed E-state index contributed by atoms with van der Waals surface area (Å²) in [6.45, 7) is 4.30. The average molecular weight is 382 g/mol. The third-order valence-electron chi connectivity index (χ3n) is 4.58. The smallest absolute Gasteiger partial charge is 0.234 e. The summed E-state index contributed by atoms with van der Waals surface area (Å²) in [5, 5.41) is 12.2. The zero-order valence-corrected chi connectivity index (χ0v) is 15.9. The molecule has 1 N–H and O–H groups in total. The van der Waals surface area contributed by atoms with Crippen molar-refractivity contribution in [3.8, 4) is 11.4 Å². The number of halogens is 1. The van der Waals surface area contributed by atoms with E-state index < -0.39 is 0 Å². The molecule has 1 aliphatic rings. The molecular formula is C20H19FN4OS. The van der Waals surface area contributed by atoms with Crippen molar-refractivity contribution in [2.24, 2.45) is 0 Å². The van der Waals surface area contributed by atoms with Gasteiger partial charge in [0.25, 0.3) is 0 Å². The van der Waals surface area contributed by atoms with Gasteiger partial charge >= 0.3 is 0 Å². The number of rotatable bonds is 4. The van der Waals surface area contributed by atoms with Gasteiger partial charge < -0.3 is 5.32 Å². The quantitative estimate of drug-likeness (QED) is 0.690. The molecule has 27 heavy (non-hydrogen) atoms. The molecule has 0 saturated carbocycles. The van der Waals surface area contributed by atoms with Crippen LogP contribution in [0.1, 0.15) is 19.4 Å². The molecule has 7 heteroatoms. The largest absolute Gasteiger partial charge is 0.325 e. The first-order valence-electron chi connectivity index (χ1n) is 8.66. The van der Waals surface area contributed by atoms with E-state index in [0.717, 1.165) is 23.0 Å². The van der Waals surface area contributed by atoms with Gasteiger partial charge in [0.05, 0.1) is 5.75 Å². The Bertz CT molecular complexity index is 997. The maximum Gasteiger partial charge on any atom is 0.234 e. The number of carbonyl (C=O) groups is 1. The van der Waals surface area contributed by atoms with Crippen LogP contribution in [0.2, 0.25) is 0 Å². The Morgan fingerprint density at radius 1 is 1.19 bits per heavy atom. The van der Waals surface area contributed by atoms with Crippen LogP contribution in [0.15, 0.2) is 53.7 Å². The number of thioether (sulfide) groups is 1. The maximum atomic E-state index is 13.0.